The third kappa shape index (κ3) is 6.04. The molecule has 0 radical (unpaired) electrons. The number of carboxylic acids is 1. The van der Waals surface area contributed by atoms with Gasteiger partial charge in [0.2, 0.25) is 10.0 Å². The fraction of sp³-hybridized carbons (Fsp3) is 0.417. The topological polar surface area (TPSA) is 83.5 Å². The largest absolute Gasteiger partial charge is 0.481 e. The van der Waals surface area contributed by atoms with Crippen LogP contribution in [-0.2, 0) is 14.8 Å². The number of nitrogens with one attached hydrogen (secondary N) is 1. The molecule has 0 aliphatic heterocycles. The van der Waals surface area contributed by atoms with Gasteiger partial charge >= 0.3 is 5.97 Å². The van der Waals surface area contributed by atoms with Gasteiger partial charge in [0.1, 0.15) is 0 Å². The summed E-state index contributed by atoms with van der Waals surface area (Å²) >= 11 is 5.75. The van der Waals surface area contributed by atoms with Crippen LogP contribution in [0.5, 0.6) is 0 Å². The molecule has 0 aliphatic rings. The first-order valence-electron chi connectivity index (χ1n) is 5.77. The molecule has 0 aliphatic carbocycles. The van der Waals surface area contributed by atoms with Crippen molar-refractivity contribution in [2.24, 2.45) is 0 Å². The van der Waals surface area contributed by atoms with Crippen LogP contribution < -0.4 is 4.72 Å². The number of sulfonamides is 1. The SMILES string of the molecule is CC(NS(=O)(=O)CCCC(=O)O)c1ccc(Cl)cc1. The molecule has 2 N–H and O–H groups in total. The lowest BCUT2D eigenvalue weighted by Crippen LogP contribution is -2.29. The van der Waals surface area contributed by atoms with Crippen LogP contribution in [-0.4, -0.2) is 25.2 Å². The van der Waals surface area contributed by atoms with Gasteiger partial charge in [-0.05, 0) is 31.0 Å². The normalized spacial score (nSPS) is 13.2. The van der Waals surface area contributed by atoms with Gasteiger partial charge in [0.25, 0.3) is 0 Å². The lowest BCUT2D eigenvalue weighted by molar-refractivity contribution is -0.137. The highest BCUT2D eigenvalue weighted by Crippen LogP contribution is 2.17. The van der Waals surface area contributed by atoms with Crippen LogP contribution >= 0.6 is 11.6 Å². The van der Waals surface area contributed by atoms with E-state index in [1.54, 1.807) is 31.2 Å². The van der Waals surface area contributed by atoms with E-state index in [4.69, 9.17) is 16.7 Å². The summed E-state index contributed by atoms with van der Waals surface area (Å²) in [6.45, 7) is 1.72. The van der Waals surface area contributed by atoms with Crippen LogP contribution in [0, 0.1) is 0 Å². The van der Waals surface area contributed by atoms with Crippen molar-refractivity contribution >= 4 is 27.6 Å². The molecule has 0 amide bonds. The fourth-order valence-electron chi connectivity index (χ4n) is 1.56. The first-order valence-corrected chi connectivity index (χ1v) is 7.80. The van der Waals surface area contributed by atoms with Gasteiger partial charge in [-0.25, -0.2) is 13.1 Å². The number of halogens is 1. The minimum absolute atomic E-state index is 0.0952. The van der Waals surface area contributed by atoms with E-state index in [9.17, 15) is 13.2 Å². The summed E-state index contributed by atoms with van der Waals surface area (Å²) < 4.78 is 26.0. The van der Waals surface area contributed by atoms with Gasteiger partial charge in [0, 0.05) is 17.5 Å². The van der Waals surface area contributed by atoms with Crippen LogP contribution in [0.2, 0.25) is 5.02 Å². The Labute approximate surface area is 117 Å². The Kier molecular flexibility index (Phi) is 5.78. The number of rotatable bonds is 7. The minimum Gasteiger partial charge on any atom is -0.481 e. The second-order valence-electron chi connectivity index (χ2n) is 4.21. The van der Waals surface area contributed by atoms with Crippen molar-refractivity contribution in [1.82, 2.24) is 4.72 Å². The molecule has 0 fully saturated rings. The molecule has 1 atom stereocenters. The Morgan fingerprint density at radius 3 is 2.47 bits per heavy atom. The van der Waals surface area contributed by atoms with E-state index in [-0.39, 0.29) is 24.6 Å². The highest BCUT2D eigenvalue weighted by molar-refractivity contribution is 7.89. The second-order valence-corrected chi connectivity index (χ2v) is 6.52. The summed E-state index contributed by atoms with van der Waals surface area (Å²) in [5, 5.41) is 9.05. The molecule has 0 bridgehead atoms. The highest BCUT2D eigenvalue weighted by Gasteiger charge is 2.16. The van der Waals surface area contributed by atoms with Gasteiger partial charge in [-0.15, -0.1) is 0 Å². The Balaban J connectivity index is 2.57. The van der Waals surface area contributed by atoms with Gasteiger partial charge in [-0.2, -0.15) is 0 Å². The van der Waals surface area contributed by atoms with E-state index in [0.29, 0.717) is 5.02 Å². The summed E-state index contributed by atoms with van der Waals surface area (Å²) in [4.78, 5) is 10.3. The zero-order chi connectivity index (χ0) is 14.5. The molecule has 106 valence electrons. The van der Waals surface area contributed by atoms with Crippen LogP contribution in [0.3, 0.4) is 0 Å². The quantitative estimate of drug-likeness (QED) is 0.809. The van der Waals surface area contributed by atoms with Gasteiger partial charge in [0.15, 0.2) is 0 Å². The van der Waals surface area contributed by atoms with Crippen LogP contribution in [0.1, 0.15) is 31.4 Å². The maximum absolute atomic E-state index is 11.7. The van der Waals surface area contributed by atoms with Gasteiger partial charge in [-0.1, -0.05) is 23.7 Å². The maximum Gasteiger partial charge on any atom is 0.303 e. The summed E-state index contributed by atoms with van der Waals surface area (Å²) in [5.41, 5.74) is 0.797. The van der Waals surface area contributed by atoms with Crippen molar-refractivity contribution < 1.29 is 18.3 Å². The maximum atomic E-state index is 11.7. The molecule has 0 saturated heterocycles. The van der Waals surface area contributed by atoms with E-state index in [2.05, 4.69) is 4.72 Å². The number of benzene rings is 1. The molecule has 1 aromatic rings. The van der Waals surface area contributed by atoms with Crippen molar-refractivity contribution in [3.05, 3.63) is 34.9 Å². The van der Waals surface area contributed by atoms with E-state index < -0.39 is 16.0 Å². The number of carboxylic acid groups (broad SMARTS) is 1. The Morgan fingerprint density at radius 2 is 1.95 bits per heavy atom. The van der Waals surface area contributed by atoms with Crippen molar-refractivity contribution in [2.75, 3.05) is 5.75 Å². The van der Waals surface area contributed by atoms with Crippen molar-refractivity contribution in [1.29, 1.82) is 0 Å². The third-order valence-corrected chi connectivity index (χ3v) is 4.32. The average Bonchev–Trinajstić information content (AvgIpc) is 2.28. The molecule has 5 nitrogen and oxygen atoms in total. The Bertz CT molecular complexity index is 527. The molecule has 0 aromatic heterocycles. The number of hydrogen-bond donors (Lipinski definition) is 2. The van der Waals surface area contributed by atoms with Crippen LogP contribution in [0.15, 0.2) is 24.3 Å². The van der Waals surface area contributed by atoms with Crippen molar-refractivity contribution in [2.45, 2.75) is 25.8 Å². The monoisotopic (exact) mass is 305 g/mol. The predicted octanol–water partition coefficient (Wildman–Crippen LogP) is 2.19. The molecule has 19 heavy (non-hydrogen) atoms. The summed E-state index contributed by atoms with van der Waals surface area (Å²) in [7, 11) is -3.48. The number of carbonyl (C=O) groups is 1. The Morgan fingerprint density at radius 1 is 1.37 bits per heavy atom. The Hall–Kier alpha value is -1.11. The zero-order valence-corrected chi connectivity index (χ0v) is 12.0. The molecule has 1 rings (SSSR count). The smallest absolute Gasteiger partial charge is 0.303 e. The molecule has 1 unspecified atom stereocenters. The van der Waals surface area contributed by atoms with Crippen LogP contribution in [0.4, 0.5) is 0 Å². The van der Waals surface area contributed by atoms with Crippen LogP contribution in [0.25, 0.3) is 0 Å². The molecule has 1 aromatic carbocycles. The fourth-order valence-corrected chi connectivity index (χ4v) is 3.00. The standard InChI is InChI=1S/C12H16ClNO4S/c1-9(10-4-6-11(13)7-5-10)14-19(17,18)8-2-3-12(15)16/h4-7,9,14H,2-3,8H2,1H3,(H,15,16). The predicted molar refractivity (Wildman–Crippen MR) is 73.7 cm³/mol. The summed E-state index contributed by atoms with van der Waals surface area (Å²) in [5.74, 6) is -1.20. The molecular weight excluding hydrogens is 290 g/mol. The first kappa shape index (κ1) is 15.9. The lowest BCUT2D eigenvalue weighted by Gasteiger charge is -2.14. The molecule has 0 spiro atoms. The van der Waals surface area contributed by atoms with Crippen molar-refractivity contribution in [3.8, 4) is 0 Å². The van der Waals surface area contributed by atoms with E-state index in [0.717, 1.165) is 5.56 Å². The first-order chi connectivity index (χ1) is 8.80. The molecule has 7 heteroatoms. The van der Waals surface area contributed by atoms with Crippen molar-refractivity contribution in [3.63, 3.8) is 0 Å². The van der Waals surface area contributed by atoms with Gasteiger partial charge < -0.3 is 5.11 Å². The van der Waals surface area contributed by atoms with Gasteiger partial charge in [-0.3, -0.25) is 4.79 Å². The van der Waals surface area contributed by atoms with E-state index in [1.165, 1.54) is 0 Å². The molecular formula is C12H16ClNO4S. The van der Waals surface area contributed by atoms with E-state index in [1.807, 2.05) is 0 Å². The summed E-state index contributed by atoms with van der Waals surface area (Å²) in [6.07, 6.45) is -0.0613. The summed E-state index contributed by atoms with van der Waals surface area (Å²) in [6, 6.07) is 6.48. The zero-order valence-electron chi connectivity index (χ0n) is 10.5. The third-order valence-electron chi connectivity index (χ3n) is 2.53. The lowest BCUT2D eigenvalue weighted by atomic mass is 10.1. The van der Waals surface area contributed by atoms with Gasteiger partial charge in [0.05, 0.1) is 5.75 Å². The number of aliphatic carboxylic acids is 1. The number of hydrogen-bond acceptors (Lipinski definition) is 3. The van der Waals surface area contributed by atoms with E-state index >= 15 is 0 Å². The molecule has 0 heterocycles. The molecule has 0 saturated carbocycles. The highest BCUT2D eigenvalue weighted by atomic mass is 35.5. The second kappa shape index (κ2) is 6.88. The average molecular weight is 306 g/mol. The minimum atomic E-state index is -3.48.